The first-order chi connectivity index (χ1) is 6.34. The van der Waals surface area contributed by atoms with Crippen molar-refractivity contribution in [1.29, 1.82) is 0 Å². The second-order valence-corrected chi connectivity index (χ2v) is 2.90. The Hall–Kier alpha value is -1.58. The van der Waals surface area contributed by atoms with E-state index in [-0.39, 0.29) is 0 Å². The van der Waals surface area contributed by atoms with Gasteiger partial charge >= 0.3 is 0 Å². The normalized spacial score (nSPS) is 10.5. The molecular formula is C9H11N3O. The van der Waals surface area contributed by atoms with Crippen LogP contribution in [0, 0.1) is 6.92 Å². The fraction of sp³-hybridized carbons (Fsp3) is 0.333. The number of nitrogens with zero attached hydrogens (tertiary/aromatic N) is 3. The Kier molecular flexibility index (Phi) is 2.12. The number of hydrogen-bond acceptors (Lipinski definition) is 3. The Morgan fingerprint density at radius 3 is 2.77 bits per heavy atom. The molecule has 0 atom stereocenters. The highest BCUT2D eigenvalue weighted by Gasteiger charge is 2.00. The lowest BCUT2D eigenvalue weighted by Gasteiger charge is -1.97. The van der Waals surface area contributed by atoms with Gasteiger partial charge in [-0.15, -0.1) is 0 Å². The van der Waals surface area contributed by atoms with Crippen LogP contribution in [0.2, 0.25) is 0 Å². The maximum absolute atomic E-state index is 4.86. The summed E-state index contributed by atoms with van der Waals surface area (Å²) in [6.45, 7) is 2.69. The lowest BCUT2D eigenvalue weighted by Crippen LogP contribution is -1.99. The zero-order chi connectivity index (χ0) is 9.10. The van der Waals surface area contributed by atoms with Gasteiger partial charge < -0.3 is 9.09 Å². The predicted octanol–water partition coefficient (Wildman–Crippen LogP) is 1.42. The largest absolute Gasteiger partial charge is 0.354 e. The molecule has 2 aromatic rings. The van der Waals surface area contributed by atoms with Crippen LogP contribution >= 0.6 is 0 Å². The standard InChI is InChI=1S/C9H11N3O/c1-8-10-9(11-13-8)4-7-12-5-2-3-6-12/h2-3,5-6H,4,7H2,1H3. The highest BCUT2D eigenvalue weighted by Crippen LogP contribution is 1.98. The minimum absolute atomic E-state index is 0.627. The Balaban J connectivity index is 1.93. The van der Waals surface area contributed by atoms with Gasteiger partial charge in [0.2, 0.25) is 5.89 Å². The SMILES string of the molecule is Cc1nc(CCn2cccc2)no1. The fourth-order valence-corrected chi connectivity index (χ4v) is 1.19. The van der Waals surface area contributed by atoms with Crippen molar-refractivity contribution < 1.29 is 4.52 Å². The Morgan fingerprint density at radius 1 is 1.38 bits per heavy atom. The van der Waals surface area contributed by atoms with Crippen molar-refractivity contribution in [2.45, 2.75) is 19.9 Å². The first-order valence-corrected chi connectivity index (χ1v) is 4.24. The third-order valence-corrected chi connectivity index (χ3v) is 1.83. The van der Waals surface area contributed by atoms with E-state index in [1.807, 2.05) is 24.5 Å². The van der Waals surface area contributed by atoms with Gasteiger partial charge in [-0.2, -0.15) is 4.98 Å². The van der Waals surface area contributed by atoms with Gasteiger partial charge in [-0.25, -0.2) is 0 Å². The zero-order valence-electron chi connectivity index (χ0n) is 7.47. The van der Waals surface area contributed by atoms with Crippen LogP contribution in [0.3, 0.4) is 0 Å². The summed E-state index contributed by atoms with van der Waals surface area (Å²) in [7, 11) is 0. The van der Waals surface area contributed by atoms with Crippen molar-refractivity contribution in [3.8, 4) is 0 Å². The lowest BCUT2D eigenvalue weighted by molar-refractivity contribution is 0.386. The second kappa shape index (κ2) is 3.43. The van der Waals surface area contributed by atoms with Crippen LogP contribution in [0.5, 0.6) is 0 Å². The quantitative estimate of drug-likeness (QED) is 0.712. The molecular weight excluding hydrogens is 166 g/mol. The van der Waals surface area contributed by atoms with Gasteiger partial charge in [0, 0.05) is 32.3 Å². The van der Waals surface area contributed by atoms with Crippen LogP contribution in [0.25, 0.3) is 0 Å². The molecule has 0 N–H and O–H groups in total. The second-order valence-electron chi connectivity index (χ2n) is 2.90. The minimum atomic E-state index is 0.627. The van der Waals surface area contributed by atoms with E-state index < -0.39 is 0 Å². The third kappa shape index (κ3) is 1.96. The van der Waals surface area contributed by atoms with Crippen molar-refractivity contribution in [2.75, 3.05) is 0 Å². The van der Waals surface area contributed by atoms with Crippen molar-refractivity contribution in [1.82, 2.24) is 14.7 Å². The number of rotatable bonds is 3. The summed E-state index contributed by atoms with van der Waals surface area (Å²) in [6, 6.07) is 4.00. The monoisotopic (exact) mass is 177 g/mol. The molecule has 13 heavy (non-hydrogen) atoms. The summed E-state index contributed by atoms with van der Waals surface area (Å²) in [5.41, 5.74) is 0. The Morgan fingerprint density at radius 2 is 2.15 bits per heavy atom. The molecule has 2 rings (SSSR count). The van der Waals surface area contributed by atoms with Gasteiger partial charge in [0.15, 0.2) is 5.82 Å². The van der Waals surface area contributed by atoms with E-state index >= 15 is 0 Å². The molecule has 0 saturated carbocycles. The highest BCUT2D eigenvalue weighted by atomic mass is 16.5. The fourth-order valence-electron chi connectivity index (χ4n) is 1.19. The lowest BCUT2D eigenvalue weighted by atomic mass is 10.4. The van der Waals surface area contributed by atoms with Crippen molar-refractivity contribution in [3.63, 3.8) is 0 Å². The average Bonchev–Trinajstić information content (AvgIpc) is 2.71. The summed E-state index contributed by atoms with van der Waals surface area (Å²) in [5, 5.41) is 3.82. The summed E-state index contributed by atoms with van der Waals surface area (Å²) in [4.78, 5) is 4.12. The maximum Gasteiger partial charge on any atom is 0.223 e. The van der Waals surface area contributed by atoms with Crippen molar-refractivity contribution in [3.05, 3.63) is 36.2 Å². The van der Waals surface area contributed by atoms with Crippen LogP contribution in [-0.2, 0) is 13.0 Å². The van der Waals surface area contributed by atoms with Gasteiger partial charge in [-0.1, -0.05) is 5.16 Å². The molecule has 2 heterocycles. The first-order valence-electron chi connectivity index (χ1n) is 4.24. The molecule has 0 radical (unpaired) electrons. The molecule has 0 bridgehead atoms. The zero-order valence-corrected chi connectivity index (χ0v) is 7.47. The molecule has 4 nitrogen and oxygen atoms in total. The molecule has 68 valence electrons. The van der Waals surface area contributed by atoms with E-state index in [4.69, 9.17) is 4.52 Å². The van der Waals surface area contributed by atoms with E-state index in [2.05, 4.69) is 14.7 Å². The maximum atomic E-state index is 4.86. The molecule has 0 aliphatic heterocycles. The van der Waals surface area contributed by atoms with Crippen molar-refractivity contribution >= 4 is 0 Å². The van der Waals surface area contributed by atoms with Crippen molar-refractivity contribution in [2.24, 2.45) is 0 Å². The highest BCUT2D eigenvalue weighted by molar-refractivity contribution is 4.92. The van der Waals surface area contributed by atoms with Gasteiger partial charge in [0.25, 0.3) is 0 Å². The summed E-state index contributed by atoms with van der Waals surface area (Å²) < 4.78 is 6.95. The van der Waals surface area contributed by atoms with E-state index in [0.717, 1.165) is 18.8 Å². The van der Waals surface area contributed by atoms with Crippen LogP contribution in [0.1, 0.15) is 11.7 Å². The molecule has 0 aliphatic rings. The molecule has 0 aliphatic carbocycles. The smallest absolute Gasteiger partial charge is 0.223 e. The number of aryl methyl sites for hydroxylation is 3. The van der Waals surface area contributed by atoms with Gasteiger partial charge in [-0.3, -0.25) is 0 Å². The molecule has 4 heteroatoms. The van der Waals surface area contributed by atoms with E-state index in [1.54, 1.807) is 6.92 Å². The third-order valence-electron chi connectivity index (χ3n) is 1.83. The van der Waals surface area contributed by atoms with E-state index in [1.165, 1.54) is 0 Å². The van der Waals surface area contributed by atoms with Gasteiger partial charge in [0.05, 0.1) is 0 Å². The van der Waals surface area contributed by atoms with Gasteiger partial charge in [0.1, 0.15) is 0 Å². The molecule has 0 aromatic carbocycles. The Labute approximate surface area is 76.2 Å². The van der Waals surface area contributed by atoms with Gasteiger partial charge in [-0.05, 0) is 12.1 Å². The van der Waals surface area contributed by atoms with Crippen LogP contribution < -0.4 is 0 Å². The summed E-state index contributed by atoms with van der Waals surface area (Å²) in [5.74, 6) is 1.40. The summed E-state index contributed by atoms with van der Waals surface area (Å²) in [6.07, 6.45) is 4.85. The average molecular weight is 177 g/mol. The van der Waals surface area contributed by atoms with E-state index in [9.17, 15) is 0 Å². The first kappa shape index (κ1) is 8.04. The topological polar surface area (TPSA) is 43.9 Å². The molecule has 0 saturated heterocycles. The Bertz CT molecular complexity index is 364. The molecule has 0 fully saturated rings. The summed E-state index contributed by atoms with van der Waals surface area (Å²) >= 11 is 0. The van der Waals surface area contributed by atoms with Crippen LogP contribution in [0.4, 0.5) is 0 Å². The van der Waals surface area contributed by atoms with E-state index in [0.29, 0.717) is 5.89 Å². The number of hydrogen-bond donors (Lipinski definition) is 0. The minimum Gasteiger partial charge on any atom is -0.354 e. The predicted molar refractivity (Wildman–Crippen MR) is 47.2 cm³/mol. The molecule has 0 amide bonds. The molecule has 0 unspecified atom stereocenters. The van der Waals surface area contributed by atoms with Crippen LogP contribution in [0.15, 0.2) is 29.0 Å². The molecule has 0 spiro atoms. The molecule has 2 aromatic heterocycles. The van der Waals surface area contributed by atoms with Crippen LogP contribution in [-0.4, -0.2) is 14.7 Å². The number of aromatic nitrogens is 3.